The molecule has 76 valence electrons. The Morgan fingerprint density at radius 2 is 1.93 bits per heavy atom. The molecule has 0 bridgehead atoms. The molecule has 1 aromatic rings. The first-order valence-electron chi connectivity index (χ1n) is 4.85. The molecule has 4 heteroatoms. The van der Waals surface area contributed by atoms with Crippen LogP contribution in [0, 0.1) is 6.92 Å². The molecule has 1 aliphatic rings. The van der Waals surface area contributed by atoms with Crippen LogP contribution >= 0.6 is 11.6 Å². The van der Waals surface area contributed by atoms with Crippen molar-refractivity contribution in [3.05, 3.63) is 22.5 Å². The lowest BCUT2D eigenvalue weighted by Crippen LogP contribution is -2.56. The van der Waals surface area contributed by atoms with Gasteiger partial charge in [0.15, 0.2) is 5.15 Å². The van der Waals surface area contributed by atoms with Gasteiger partial charge in [-0.2, -0.15) is 5.10 Å². The third-order valence-electron chi connectivity index (χ3n) is 2.95. The standard InChI is InChI=1S/C10H14ClN3/c1-5-8(4-9(11)14-13-5)10-6(2)12-7(10)3/h4,6-7,10,12H,1-3H3. The Labute approximate surface area is 88.9 Å². The van der Waals surface area contributed by atoms with E-state index in [1.165, 1.54) is 5.56 Å². The summed E-state index contributed by atoms with van der Waals surface area (Å²) >= 11 is 5.84. The second-order valence-electron chi connectivity index (χ2n) is 3.98. The molecule has 1 saturated heterocycles. The first-order chi connectivity index (χ1) is 6.59. The Bertz CT molecular complexity index is 345. The summed E-state index contributed by atoms with van der Waals surface area (Å²) in [4.78, 5) is 0. The van der Waals surface area contributed by atoms with Crippen LogP contribution in [0.2, 0.25) is 5.15 Å². The summed E-state index contributed by atoms with van der Waals surface area (Å²) in [5, 5.41) is 11.8. The van der Waals surface area contributed by atoms with E-state index in [-0.39, 0.29) is 0 Å². The van der Waals surface area contributed by atoms with Crippen LogP contribution in [-0.4, -0.2) is 22.3 Å². The first-order valence-corrected chi connectivity index (χ1v) is 5.23. The fourth-order valence-corrected chi connectivity index (χ4v) is 2.41. The zero-order valence-corrected chi connectivity index (χ0v) is 9.34. The van der Waals surface area contributed by atoms with Gasteiger partial charge in [0.05, 0.1) is 5.69 Å². The molecule has 0 radical (unpaired) electrons. The van der Waals surface area contributed by atoms with Crippen molar-refractivity contribution in [1.29, 1.82) is 0 Å². The summed E-state index contributed by atoms with van der Waals surface area (Å²) in [6.45, 7) is 6.34. The maximum absolute atomic E-state index is 5.84. The molecule has 3 nitrogen and oxygen atoms in total. The van der Waals surface area contributed by atoms with E-state index >= 15 is 0 Å². The quantitative estimate of drug-likeness (QED) is 0.771. The number of hydrogen-bond acceptors (Lipinski definition) is 3. The molecule has 0 spiro atoms. The summed E-state index contributed by atoms with van der Waals surface area (Å²) in [7, 11) is 0. The highest BCUT2D eigenvalue weighted by molar-refractivity contribution is 6.29. The second-order valence-corrected chi connectivity index (χ2v) is 4.36. The molecule has 14 heavy (non-hydrogen) atoms. The van der Waals surface area contributed by atoms with Crippen LogP contribution in [0.3, 0.4) is 0 Å². The van der Waals surface area contributed by atoms with Crippen molar-refractivity contribution in [3.63, 3.8) is 0 Å². The van der Waals surface area contributed by atoms with Gasteiger partial charge in [0, 0.05) is 18.0 Å². The lowest BCUT2D eigenvalue weighted by molar-refractivity contribution is 0.243. The van der Waals surface area contributed by atoms with Gasteiger partial charge in [-0.15, -0.1) is 5.10 Å². The third-order valence-corrected chi connectivity index (χ3v) is 3.13. The molecule has 1 fully saturated rings. The number of halogens is 1. The zero-order chi connectivity index (χ0) is 10.3. The molecule has 0 amide bonds. The fraction of sp³-hybridized carbons (Fsp3) is 0.600. The number of nitrogens with zero attached hydrogens (tertiary/aromatic N) is 2. The van der Waals surface area contributed by atoms with Crippen LogP contribution < -0.4 is 5.32 Å². The average Bonchev–Trinajstić information content (AvgIpc) is 2.11. The van der Waals surface area contributed by atoms with Crippen LogP contribution in [0.25, 0.3) is 0 Å². The third kappa shape index (κ3) is 1.51. The van der Waals surface area contributed by atoms with Crippen LogP contribution in [-0.2, 0) is 0 Å². The van der Waals surface area contributed by atoms with Crippen molar-refractivity contribution >= 4 is 11.6 Å². The monoisotopic (exact) mass is 211 g/mol. The number of rotatable bonds is 1. The maximum atomic E-state index is 5.84. The fourth-order valence-electron chi connectivity index (χ4n) is 2.25. The first kappa shape index (κ1) is 9.87. The average molecular weight is 212 g/mol. The van der Waals surface area contributed by atoms with Gasteiger partial charge in [-0.3, -0.25) is 0 Å². The highest BCUT2D eigenvalue weighted by Gasteiger charge is 2.36. The van der Waals surface area contributed by atoms with E-state index in [2.05, 4.69) is 29.4 Å². The van der Waals surface area contributed by atoms with Crippen LogP contribution in [0.1, 0.15) is 31.0 Å². The van der Waals surface area contributed by atoms with Crippen LogP contribution in [0.4, 0.5) is 0 Å². The lowest BCUT2D eigenvalue weighted by Gasteiger charge is -2.43. The molecular formula is C10H14ClN3. The minimum Gasteiger partial charge on any atom is -0.310 e. The molecule has 1 aliphatic heterocycles. The van der Waals surface area contributed by atoms with E-state index in [4.69, 9.17) is 11.6 Å². The zero-order valence-electron chi connectivity index (χ0n) is 8.58. The normalized spacial score (nSPS) is 31.3. The van der Waals surface area contributed by atoms with Gasteiger partial charge in [0.1, 0.15) is 0 Å². The van der Waals surface area contributed by atoms with Crippen molar-refractivity contribution in [1.82, 2.24) is 15.5 Å². The topological polar surface area (TPSA) is 37.8 Å². The number of nitrogens with one attached hydrogen (secondary N) is 1. The molecule has 0 aromatic carbocycles. The molecule has 2 unspecified atom stereocenters. The molecule has 2 rings (SSSR count). The van der Waals surface area contributed by atoms with E-state index in [1.54, 1.807) is 0 Å². The Kier molecular flexibility index (Phi) is 2.45. The SMILES string of the molecule is Cc1nnc(Cl)cc1C1C(C)NC1C. The second kappa shape index (κ2) is 3.48. The van der Waals surface area contributed by atoms with Crippen LogP contribution in [0.5, 0.6) is 0 Å². The lowest BCUT2D eigenvalue weighted by atomic mass is 9.79. The summed E-state index contributed by atoms with van der Waals surface area (Å²) in [5.74, 6) is 0.517. The summed E-state index contributed by atoms with van der Waals surface area (Å²) < 4.78 is 0. The summed E-state index contributed by atoms with van der Waals surface area (Å²) in [6, 6.07) is 2.94. The molecule has 0 aliphatic carbocycles. The minimum atomic E-state index is 0.483. The van der Waals surface area contributed by atoms with Gasteiger partial charge in [-0.25, -0.2) is 0 Å². The molecule has 1 aromatic heterocycles. The highest BCUT2D eigenvalue weighted by atomic mass is 35.5. The van der Waals surface area contributed by atoms with Gasteiger partial charge < -0.3 is 5.32 Å². The Morgan fingerprint density at radius 1 is 1.29 bits per heavy atom. The van der Waals surface area contributed by atoms with E-state index in [0.29, 0.717) is 23.2 Å². The van der Waals surface area contributed by atoms with Gasteiger partial charge >= 0.3 is 0 Å². The Morgan fingerprint density at radius 3 is 2.50 bits per heavy atom. The van der Waals surface area contributed by atoms with Crippen LogP contribution in [0.15, 0.2) is 6.07 Å². The predicted molar refractivity (Wildman–Crippen MR) is 56.6 cm³/mol. The minimum absolute atomic E-state index is 0.483. The molecule has 2 atom stereocenters. The van der Waals surface area contributed by atoms with Crippen molar-refractivity contribution < 1.29 is 0 Å². The highest BCUT2D eigenvalue weighted by Crippen LogP contribution is 2.33. The predicted octanol–water partition coefficient (Wildman–Crippen LogP) is 1.90. The molecule has 2 heterocycles. The Hall–Kier alpha value is -0.670. The molecule has 1 N–H and O–H groups in total. The maximum Gasteiger partial charge on any atom is 0.152 e. The van der Waals surface area contributed by atoms with Crippen molar-refractivity contribution in [2.75, 3.05) is 0 Å². The van der Waals surface area contributed by atoms with Gasteiger partial charge in [0.2, 0.25) is 0 Å². The number of hydrogen-bond donors (Lipinski definition) is 1. The summed E-state index contributed by atoms with van der Waals surface area (Å²) in [5.41, 5.74) is 2.21. The summed E-state index contributed by atoms with van der Waals surface area (Å²) in [6.07, 6.45) is 0. The van der Waals surface area contributed by atoms with Crippen molar-refractivity contribution in [2.24, 2.45) is 0 Å². The molecular weight excluding hydrogens is 198 g/mol. The number of aromatic nitrogens is 2. The van der Waals surface area contributed by atoms with Gasteiger partial charge in [-0.05, 0) is 32.4 Å². The van der Waals surface area contributed by atoms with Gasteiger partial charge in [0.25, 0.3) is 0 Å². The van der Waals surface area contributed by atoms with E-state index < -0.39 is 0 Å². The smallest absolute Gasteiger partial charge is 0.152 e. The molecule has 0 saturated carbocycles. The van der Waals surface area contributed by atoms with E-state index in [9.17, 15) is 0 Å². The Balaban J connectivity index is 2.35. The number of aryl methyl sites for hydroxylation is 1. The van der Waals surface area contributed by atoms with Crippen molar-refractivity contribution in [3.8, 4) is 0 Å². The van der Waals surface area contributed by atoms with Crippen molar-refractivity contribution in [2.45, 2.75) is 38.8 Å². The van der Waals surface area contributed by atoms with E-state index in [0.717, 1.165) is 5.69 Å². The van der Waals surface area contributed by atoms with Gasteiger partial charge in [-0.1, -0.05) is 11.6 Å². The van der Waals surface area contributed by atoms with E-state index in [1.807, 2.05) is 13.0 Å². The largest absolute Gasteiger partial charge is 0.310 e.